The van der Waals surface area contributed by atoms with Crippen molar-refractivity contribution in [2.24, 2.45) is 0 Å². The predicted octanol–water partition coefficient (Wildman–Crippen LogP) is 1.88. The van der Waals surface area contributed by atoms with Crippen LogP contribution >= 0.6 is 0 Å². The van der Waals surface area contributed by atoms with E-state index in [9.17, 15) is 44.3 Å². The van der Waals surface area contributed by atoms with Crippen LogP contribution in [-0.2, 0) is 27.2 Å². The van der Waals surface area contributed by atoms with Crippen LogP contribution in [0.4, 0.5) is 31.1 Å². The van der Waals surface area contributed by atoms with Crippen LogP contribution in [-0.4, -0.2) is 68.8 Å². The Morgan fingerprint density at radius 1 is 0.938 bits per heavy atom. The molecule has 1 aromatic rings. The van der Waals surface area contributed by atoms with Gasteiger partial charge < -0.3 is 5.32 Å². The number of carbonyl (C=O) groups is 2. The molecule has 1 aliphatic rings. The lowest BCUT2D eigenvalue weighted by Gasteiger charge is -2.33. The molecule has 0 saturated carbocycles. The maximum atomic E-state index is 13.0. The molecule has 8 nitrogen and oxygen atoms in total. The molecule has 0 radical (unpaired) electrons. The summed E-state index contributed by atoms with van der Waals surface area (Å²) >= 11 is 0. The van der Waals surface area contributed by atoms with E-state index in [-0.39, 0.29) is 50.9 Å². The number of urea groups is 1. The molecular weight excluding hydrogens is 470 g/mol. The first kappa shape index (κ1) is 25.9. The van der Waals surface area contributed by atoms with Gasteiger partial charge in [-0.3, -0.25) is 15.0 Å². The third kappa shape index (κ3) is 6.56. The molecular formula is C17H20F6N4O4S. The summed E-state index contributed by atoms with van der Waals surface area (Å²) in [5.74, 6) is -0.653. The van der Waals surface area contributed by atoms with Gasteiger partial charge in [0.25, 0.3) is 0 Å². The number of amides is 3. The van der Waals surface area contributed by atoms with Crippen molar-refractivity contribution in [2.45, 2.75) is 24.2 Å². The number of carbonyl (C=O) groups excluding carboxylic acids is 2. The number of nitrogens with one attached hydrogen (secondary N) is 2. The van der Waals surface area contributed by atoms with Gasteiger partial charge in [-0.25, -0.2) is 13.2 Å². The summed E-state index contributed by atoms with van der Waals surface area (Å²) in [6.45, 7) is 1.11. The molecule has 1 saturated heterocycles. The Hall–Kier alpha value is -2.39. The highest BCUT2D eigenvalue weighted by atomic mass is 32.2. The monoisotopic (exact) mass is 490 g/mol. The van der Waals surface area contributed by atoms with E-state index in [0.717, 1.165) is 4.31 Å². The maximum Gasteiger partial charge on any atom is 0.416 e. The van der Waals surface area contributed by atoms with Crippen LogP contribution in [0.2, 0.25) is 0 Å². The summed E-state index contributed by atoms with van der Waals surface area (Å²) < 4.78 is 104. The molecule has 0 unspecified atom stereocenters. The number of halogens is 6. The molecule has 1 aliphatic heterocycles. The van der Waals surface area contributed by atoms with Crippen molar-refractivity contribution in [1.29, 1.82) is 0 Å². The second-order valence-corrected chi connectivity index (χ2v) is 8.77. The summed E-state index contributed by atoms with van der Waals surface area (Å²) in [6.07, 6.45) is -10.4. The molecule has 0 atom stereocenters. The van der Waals surface area contributed by atoms with Crippen LogP contribution < -0.4 is 10.6 Å². The summed E-state index contributed by atoms with van der Waals surface area (Å²) in [5.41, 5.74) is -3.46. The minimum Gasteiger partial charge on any atom is -0.338 e. The van der Waals surface area contributed by atoms with E-state index in [4.69, 9.17) is 0 Å². The predicted molar refractivity (Wildman–Crippen MR) is 98.9 cm³/mol. The summed E-state index contributed by atoms with van der Waals surface area (Å²) in [7, 11) is -4.66. The highest BCUT2D eigenvalue weighted by Crippen LogP contribution is 2.37. The number of piperazine rings is 1. The lowest BCUT2D eigenvalue weighted by molar-refractivity contribution is -0.143. The van der Waals surface area contributed by atoms with Gasteiger partial charge >= 0.3 is 18.4 Å². The molecule has 1 heterocycles. The summed E-state index contributed by atoms with van der Waals surface area (Å²) in [6, 6.07) is -0.527. The van der Waals surface area contributed by atoms with Crippen LogP contribution in [0.3, 0.4) is 0 Å². The molecule has 3 amide bonds. The van der Waals surface area contributed by atoms with Crippen molar-refractivity contribution in [1.82, 2.24) is 19.8 Å². The molecule has 1 fully saturated rings. The van der Waals surface area contributed by atoms with Gasteiger partial charge in [0.1, 0.15) is 0 Å². The Balaban J connectivity index is 2.15. The fourth-order valence-corrected chi connectivity index (χ4v) is 4.42. The lowest BCUT2D eigenvalue weighted by atomic mass is 10.1. The Bertz CT molecular complexity index is 925. The molecule has 1 aromatic carbocycles. The number of alkyl halides is 6. The molecule has 0 spiro atoms. The Labute approximate surface area is 179 Å². The second kappa shape index (κ2) is 9.62. The van der Waals surface area contributed by atoms with Crippen molar-refractivity contribution in [3.05, 3.63) is 29.3 Å². The molecule has 32 heavy (non-hydrogen) atoms. The quantitative estimate of drug-likeness (QED) is 0.615. The lowest BCUT2D eigenvalue weighted by Crippen LogP contribution is -2.52. The first-order valence-corrected chi connectivity index (χ1v) is 10.7. The highest BCUT2D eigenvalue weighted by molar-refractivity contribution is 7.89. The van der Waals surface area contributed by atoms with Gasteiger partial charge in [0, 0.05) is 32.7 Å². The van der Waals surface area contributed by atoms with E-state index in [1.807, 2.05) is 0 Å². The topological polar surface area (TPSA) is 98.8 Å². The molecule has 15 heteroatoms. The summed E-state index contributed by atoms with van der Waals surface area (Å²) in [4.78, 5) is 23.5. The zero-order chi connectivity index (χ0) is 24.3. The number of benzene rings is 1. The van der Waals surface area contributed by atoms with Gasteiger partial charge in [-0.2, -0.15) is 30.6 Å². The SMILES string of the molecule is CCNC(=O)NC(=O)CN1CCN(S(=O)(=O)c2cc(C(F)(F)F)cc(C(F)(F)F)c2)CC1. The average Bonchev–Trinajstić information content (AvgIpc) is 2.66. The van der Waals surface area contributed by atoms with Crippen LogP contribution in [0.5, 0.6) is 0 Å². The first-order chi connectivity index (χ1) is 14.6. The van der Waals surface area contributed by atoms with Gasteiger partial charge in [-0.1, -0.05) is 0 Å². The fourth-order valence-electron chi connectivity index (χ4n) is 2.93. The van der Waals surface area contributed by atoms with Crippen molar-refractivity contribution in [3.63, 3.8) is 0 Å². The van der Waals surface area contributed by atoms with Gasteiger partial charge in [0.05, 0.1) is 22.6 Å². The third-order valence-electron chi connectivity index (χ3n) is 4.49. The van der Waals surface area contributed by atoms with Gasteiger partial charge in [0.15, 0.2) is 0 Å². The Morgan fingerprint density at radius 2 is 1.44 bits per heavy atom. The molecule has 0 bridgehead atoms. The second-order valence-electron chi connectivity index (χ2n) is 6.83. The smallest absolute Gasteiger partial charge is 0.338 e. The number of sulfonamides is 1. The number of nitrogens with zero attached hydrogens (tertiary/aromatic N) is 2. The van der Waals surface area contributed by atoms with Crippen molar-refractivity contribution < 1.29 is 44.3 Å². The van der Waals surface area contributed by atoms with E-state index in [0.29, 0.717) is 6.54 Å². The third-order valence-corrected chi connectivity index (χ3v) is 6.36. The van der Waals surface area contributed by atoms with E-state index in [1.54, 1.807) is 6.92 Å². The minimum absolute atomic E-state index is 0.0207. The van der Waals surface area contributed by atoms with E-state index < -0.39 is 50.3 Å². The van der Waals surface area contributed by atoms with Gasteiger partial charge in [0.2, 0.25) is 15.9 Å². The number of rotatable bonds is 5. The first-order valence-electron chi connectivity index (χ1n) is 9.24. The molecule has 180 valence electrons. The van der Waals surface area contributed by atoms with E-state index in [2.05, 4.69) is 10.6 Å². The zero-order valence-electron chi connectivity index (χ0n) is 16.7. The minimum atomic E-state index is -5.18. The van der Waals surface area contributed by atoms with Crippen molar-refractivity contribution in [2.75, 3.05) is 39.3 Å². The van der Waals surface area contributed by atoms with E-state index >= 15 is 0 Å². The van der Waals surface area contributed by atoms with Crippen LogP contribution in [0.1, 0.15) is 18.1 Å². The van der Waals surface area contributed by atoms with Gasteiger partial charge in [-0.05, 0) is 25.1 Å². The molecule has 2 rings (SSSR count). The van der Waals surface area contributed by atoms with Crippen molar-refractivity contribution >= 4 is 22.0 Å². The zero-order valence-corrected chi connectivity index (χ0v) is 17.5. The normalized spacial score (nSPS) is 16.6. The van der Waals surface area contributed by atoms with Gasteiger partial charge in [-0.15, -0.1) is 0 Å². The highest BCUT2D eigenvalue weighted by Gasteiger charge is 2.39. The van der Waals surface area contributed by atoms with E-state index in [1.165, 1.54) is 4.90 Å². The van der Waals surface area contributed by atoms with Crippen LogP contribution in [0.15, 0.2) is 23.1 Å². The average molecular weight is 490 g/mol. The number of hydrogen-bond donors (Lipinski definition) is 2. The van der Waals surface area contributed by atoms with Crippen molar-refractivity contribution in [3.8, 4) is 0 Å². The standard InChI is InChI=1S/C17H20F6N4O4S/c1-2-24-15(29)25-14(28)10-26-3-5-27(6-4-26)32(30,31)13-8-11(16(18,19)20)7-12(9-13)17(21,22)23/h7-9H,2-6,10H2,1H3,(H2,24,25,28,29). The maximum absolute atomic E-state index is 13.0. The number of hydrogen-bond acceptors (Lipinski definition) is 5. The Kier molecular flexibility index (Phi) is 7.78. The summed E-state index contributed by atoms with van der Waals surface area (Å²) in [5, 5.41) is 4.41. The fraction of sp³-hybridized carbons (Fsp3) is 0.529. The molecule has 0 aliphatic carbocycles. The number of imide groups is 1. The molecule has 2 N–H and O–H groups in total. The molecule has 0 aromatic heterocycles. The Morgan fingerprint density at radius 3 is 1.88 bits per heavy atom. The largest absolute Gasteiger partial charge is 0.416 e. The van der Waals surface area contributed by atoms with Crippen LogP contribution in [0.25, 0.3) is 0 Å². The van der Waals surface area contributed by atoms with Crippen LogP contribution in [0, 0.1) is 0 Å².